The fraction of sp³-hybridized carbons (Fsp3) is 0.882. The molecule has 0 rings (SSSR count). The molecule has 0 aromatic heterocycles. The maximum atomic E-state index is 11.5. The summed E-state index contributed by atoms with van der Waals surface area (Å²) in [6, 6.07) is 0. The second kappa shape index (κ2) is 22.3. The summed E-state index contributed by atoms with van der Waals surface area (Å²) in [5.74, 6) is 0. The van der Waals surface area contributed by atoms with Crippen molar-refractivity contribution in [3.8, 4) is 0 Å². The summed E-state index contributed by atoms with van der Waals surface area (Å²) in [4.78, 5) is 24.9. The monoisotopic (exact) mass is 448 g/mol. The summed E-state index contributed by atoms with van der Waals surface area (Å²) in [5.41, 5.74) is 5.44. The van der Waals surface area contributed by atoms with Crippen LogP contribution >= 0.6 is 24.8 Å². The minimum absolute atomic E-state index is 0. The van der Waals surface area contributed by atoms with Gasteiger partial charge in [0.15, 0.2) is 0 Å². The largest absolute Gasteiger partial charge is 0.448 e. The topological polar surface area (TPSA) is 126 Å². The molecule has 11 heteroatoms. The Labute approximate surface area is 180 Å². The molecule has 0 aliphatic rings. The Morgan fingerprint density at radius 2 is 1.39 bits per heavy atom. The maximum Gasteiger partial charge on any atom is 0.407 e. The number of nitrogens with one attached hydrogen (secondary N) is 2. The number of aliphatic hydroxyl groups is 1. The predicted octanol–water partition coefficient (Wildman–Crippen LogP) is 1.50. The molecule has 2 amide bonds. The number of nitrogens with two attached hydrogens (primary N) is 1. The Morgan fingerprint density at radius 3 is 1.75 bits per heavy atom. The average Bonchev–Trinajstić information content (AvgIpc) is 2.61. The molecule has 0 spiro atoms. The van der Waals surface area contributed by atoms with E-state index in [2.05, 4.69) is 10.6 Å². The Bertz CT molecular complexity index is 353. The van der Waals surface area contributed by atoms with Crippen molar-refractivity contribution in [1.82, 2.24) is 15.5 Å². The number of aliphatic hydroxyl groups excluding tert-OH is 1. The van der Waals surface area contributed by atoms with Crippen molar-refractivity contribution in [3.05, 3.63) is 0 Å². The van der Waals surface area contributed by atoms with Crippen molar-refractivity contribution in [2.45, 2.75) is 45.6 Å². The molecule has 0 heterocycles. The molecule has 1 unspecified atom stereocenters. The molecule has 0 aromatic rings. The molecular weight excluding hydrogens is 411 g/mol. The molecule has 0 radical (unpaired) electrons. The van der Waals surface area contributed by atoms with E-state index in [9.17, 15) is 14.7 Å². The number of halogens is 2. The van der Waals surface area contributed by atoms with Crippen LogP contribution in [-0.4, -0.2) is 80.8 Å². The molecule has 0 bridgehead atoms. The maximum absolute atomic E-state index is 11.5. The lowest BCUT2D eigenvalue weighted by Crippen LogP contribution is -2.41. The summed E-state index contributed by atoms with van der Waals surface area (Å²) in [6.45, 7) is 6.90. The van der Waals surface area contributed by atoms with Crippen LogP contribution in [0, 0.1) is 0 Å². The highest BCUT2D eigenvalue weighted by Crippen LogP contribution is 1.95. The fourth-order valence-corrected chi connectivity index (χ4v) is 2.04. The minimum atomic E-state index is -0.688. The van der Waals surface area contributed by atoms with E-state index in [1.165, 1.54) is 0 Å². The van der Waals surface area contributed by atoms with E-state index in [4.69, 9.17) is 15.2 Å². The summed E-state index contributed by atoms with van der Waals surface area (Å²) in [5, 5.41) is 15.1. The van der Waals surface area contributed by atoms with Gasteiger partial charge in [-0.15, -0.1) is 24.8 Å². The normalized spacial score (nSPS) is 11.0. The standard InChI is InChI=1S/C17H36N4O5.2ClH/c1-3-5-7-19-16(23)25-11-9-21(14-15(22)13-18)10-12-26-17(24)20-8-6-4-2;;/h15,22H,3-14,18H2,1-2H3,(H,19,23)(H,20,24);2*1H. The Hall–Kier alpha value is -1.00. The van der Waals surface area contributed by atoms with Gasteiger partial charge in [-0.05, 0) is 12.8 Å². The molecule has 1 atom stereocenters. The summed E-state index contributed by atoms with van der Waals surface area (Å²) in [7, 11) is 0. The number of unbranched alkanes of at least 4 members (excludes halogenated alkanes) is 2. The number of carbonyl (C=O) groups excluding carboxylic acids is 2. The molecule has 170 valence electrons. The van der Waals surface area contributed by atoms with Crippen LogP contribution in [-0.2, 0) is 9.47 Å². The number of nitrogens with zero attached hydrogens (tertiary/aromatic N) is 1. The third-order valence-corrected chi connectivity index (χ3v) is 3.62. The van der Waals surface area contributed by atoms with Crippen molar-refractivity contribution in [2.24, 2.45) is 5.73 Å². The van der Waals surface area contributed by atoms with Crippen molar-refractivity contribution in [1.29, 1.82) is 0 Å². The van der Waals surface area contributed by atoms with Gasteiger partial charge >= 0.3 is 12.2 Å². The SMILES string of the molecule is CCCCNC(=O)OCCN(CCOC(=O)NCCCC)CC(O)CN.Cl.Cl. The number of hydrogen-bond donors (Lipinski definition) is 4. The first-order valence-electron chi connectivity index (χ1n) is 9.45. The molecule has 0 aromatic carbocycles. The van der Waals surface area contributed by atoms with Crippen LogP contribution in [0.2, 0.25) is 0 Å². The van der Waals surface area contributed by atoms with Crippen LogP contribution < -0.4 is 16.4 Å². The van der Waals surface area contributed by atoms with E-state index in [1.807, 2.05) is 18.7 Å². The molecule has 5 N–H and O–H groups in total. The highest BCUT2D eigenvalue weighted by molar-refractivity contribution is 5.85. The second-order valence-corrected chi connectivity index (χ2v) is 6.02. The van der Waals surface area contributed by atoms with Crippen LogP contribution in [0.5, 0.6) is 0 Å². The van der Waals surface area contributed by atoms with Crippen molar-refractivity contribution in [3.63, 3.8) is 0 Å². The van der Waals surface area contributed by atoms with E-state index < -0.39 is 18.3 Å². The van der Waals surface area contributed by atoms with Crippen molar-refractivity contribution < 1.29 is 24.2 Å². The molecule has 0 aliphatic carbocycles. The van der Waals surface area contributed by atoms with E-state index >= 15 is 0 Å². The molecular formula is C17H38Cl2N4O5. The van der Waals surface area contributed by atoms with Crippen LogP contribution in [0.4, 0.5) is 9.59 Å². The smallest absolute Gasteiger partial charge is 0.407 e. The molecule has 0 fully saturated rings. The summed E-state index contributed by atoms with van der Waals surface area (Å²) in [6.07, 6.45) is 2.21. The molecule has 9 nitrogen and oxygen atoms in total. The predicted molar refractivity (Wildman–Crippen MR) is 115 cm³/mol. The van der Waals surface area contributed by atoms with Crippen LogP contribution in [0.25, 0.3) is 0 Å². The lowest BCUT2D eigenvalue weighted by Gasteiger charge is -2.24. The average molecular weight is 449 g/mol. The van der Waals surface area contributed by atoms with Gasteiger partial charge in [0.25, 0.3) is 0 Å². The Balaban J connectivity index is -0.00000312. The first-order chi connectivity index (χ1) is 12.5. The molecule has 0 aliphatic heterocycles. The van der Waals surface area contributed by atoms with Gasteiger partial charge in [-0.1, -0.05) is 26.7 Å². The third kappa shape index (κ3) is 19.8. The number of ether oxygens (including phenoxy) is 2. The second-order valence-electron chi connectivity index (χ2n) is 6.02. The Kier molecular flexibility index (Phi) is 25.2. The lowest BCUT2D eigenvalue weighted by atomic mass is 10.3. The molecule has 28 heavy (non-hydrogen) atoms. The number of amides is 2. The van der Waals surface area contributed by atoms with Crippen LogP contribution in [0.15, 0.2) is 0 Å². The van der Waals surface area contributed by atoms with Gasteiger partial charge in [0.05, 0.1) is 6.10 Å². The van der Waals surface area contributed by atoms with E-state index in [0.717, 1.165) is 25.7 Å². The molecule has 0 saturated heterocycles. The van der Waals surface area contributed by atoms with Gasteiger partial charge in [-0.3, -0.25) is 4.90 Å². The highest BCUT2D eigenvalue weighted by Gasteiger charge is 2.12. The van der Waals surface area contributed by atoms with Gasteiger partial charge in [0.1, 0.15) is 13.2 Å². The first-order valence-corrected chi connectivity index (χ1v) is 9.45. The first kappa shape index (κ1) is 31.7. The number of rotatable bonds is 15. The van der Waals surface area contributed by atoms with Crippen LogP contribution in [0.3, 0.4) is 0 Å². The summed E-state index contributed by atoms with van der Waals surface area (Å²) < 4.78 is 10.2. The molecule has 0 saturated carbocycles. The zero-order chi connectivity index (χ0) is 19.6. The fourth-order valence-electron chi connectivity index (χ4n) is 2.04. The van der Waals surface area contributed by atoms with Gasteiger partial charge in [-0.25, -0.2) is 9.59 Å². The zero-order valence-corrected chi connectivity index (χ0v) is 18.6. The lowest BCUT2D eigenvalue weighted by molar-refractivity contribution is 0.0755. The van der Waals surface area contributed by atoms with E-state index in [0.29, 0.717) is 32.7 Å². The van der Waals surface area contributed by atoms with E-state index in [-0.39, 0.29) is 44.6 Å². The minimum Gasteiger partial charge on any atom is -0.448 e. The zero-order valence-electron chi connectivity index (χ0n) is 17.0. The number of alkyl carbamates (subject to hydrolysis) is 2. The quantitative estimate of drug-likeness (QED) is 0.279. The number of carbonyl (C=O) groups is 2. The summed E-state index contributed by atoms with van der Waals surface area (Å²) >= 11 is 0. The highest BCUT2D eigenvalue weighted by atomic mass is 35.5. The van der Waals surface area contributed by atoms with E-state index in [1.54, 1.807) is 0 Å². The van der Waals surface area contributed by atoms with Gasteiger partial charge in [0.2, 0.25) is 0 Å². The van der Waals surface area contributed by atoms with Gasteiger partial charge in [-0.2, -0.15) is 0 Å². The van der Waals surface area contributed by atoms with Crippen molar-refractivity contribution in [2.75, 3.05) is 52.5 Å². The Morgan fingerprint density at radius 1 is 0.964 bits per heavy atom. The third-order valence-electron chi connectivity index (χ3n) is 3.62. The van der Waals surface area contributed by atoms with Gasteiger partial charge in [0, 0.05) is 39.3 Å². The van der Waals surface area contributed by atoms with Crippen molar-refractivity contribution >= 4 is 37.0 Å². The number of hydrogen-bond acceptors (Lipinski definition) is 7. The van der Waals surface area contributed by atoms with Gasteiger partial charge < -0.3 is 30.9 Å². The van der Waals surface area contributed by atoms with Crippen LogP contribution in [0.1, 0.15) is 39.5 Å².